The van der Waals surface area contributed by atoms with Crippen LogP contribution >= 0.6 is 11.6 Å². The average molecular weight is 363 g/mol. The van der Waals surface area contributed by atoms with Crippen molar-refractivity contribution in [2.24, 2.45) is 0 Å². The number of aryl methyl sites for hydroxylation is 1. The molecule has 0 aliphatic rings. The second-order valence-electron chi connectivity index (χ2n) is 5.90. The van der Waals surface area contributed by atoms with Crippen molar-refractivity contribution in [2.75, 3.05) is 5.32 Å². The number of nitrogens with zero attached hydrogens (tertiary/aromatic N) is 3. The standard InChI is InChI=1S/C20H15ClN4O/c1-13-5-6-15(14-7-9-22-10-8-14)12-16(13)23-20(26)18-19(21)24-17-4-2-3-11-25(17)18/h2-12H,1H3,(H,23,26). The molecule has 26 heavy (non-hydrogen) atoms. The lowest BCUT2D eigenvalue weighted by atomic mass is 10.0. The first kappa shape index (κ1) is 16.3. The number of amides is 1. The minimum atomic E-state index is -0.302. The lowest BCUT2D eigenvalue weighted by Gasteiger charge is -2.11. The Kier molecular flexibility index (Phi) is 4.14. The summed E-state index contributed by atoms with van der Waals surface area (Å²) in [7, 11) is 0. The summed E-state index contributed by atoms with van der Waals surface area (Å²) in [4.78, 5) is 21.1. The second-order valence-corrected chi connectivity index (χ2v) is 6.26. The van der Waals surface area contributed by atoms with Crippen LogP contribution in [0.15, 0.2) is 67.1 Å². The number of imidazole rings is 1. The van der Waals surface area contributed by atoms with Gasteiger partial charge in [-0.3, -0.25) is 14.2 Å². The number of carbonyl (C=O) groups excluding carboxylic acids is 1. The number of fused-ring (bicyclic) bond motifs is 1. The molecule has 1 aromatic carbocycles. The third kappa shape index (κ3) is 2.93. The van der Waals surface area contributed by atoms with E-state index >= 15 is 0 Å². The number of halogens is 1. The quantitative estimate of drug-likeness (QED) is 0.579. The molecule has 0 radical (unpaired) electrons. The molecule has 1 N–H and O–H groups in total. The summed E-state index contributed by atoms with van der Waals surface area (Å²) >= 11 is 6.20. The molecule has 0 saturated carbocycles. The monoisotopic (exact) mass is 362 g/mol. The molecule has 5 nitrogen and oxygen atoms in total. The molecule has 3 aromatic heterocycles. The van der Waals surface area contributed by atoms with Crippen molar-refractivity contribution in [3.8, 4) is 11.1 Å². The zero-order valence-electron chi connectivity index (χ0n) is 14.0. The highest BCUT2D eigenvalue weighted by Crippen LogP contribution is 2.26. The maximum Gasteiger partial charge on any atom is 0.275 e. The maximum atomic E-state index is 12.8. The molecule has 0 atom stereocenters. The fraction of sp³-hybridized carbons (Fsp3) is 0.0500. The topological polar surface area (TPSA) is 59.3 Å². The van der Waals surface area contributed by atoms with Gasteiger partial charge in [0.2, 0.25) is 0 Å². The van der Waals surface area contributed by atoms with E-state index in [1.165, 1.54) is 0 Å². The van der Waals surface area contributed by atoms with Crippen molar-refractivity contribution in [1.29, 1.82) is 0 Å². The van der Waals surface area contributed by atoms with Crippen molar-refractivity contribution >= 4 is 28.8 Å². The Labute approximate surface area is 155 Å². The number of benzene rings is 1. The molecule has 4 rings (SSSR count). The van der Waals surface area contributed by atoms with Gasteiger partial charge in [-0.05, 0) is 53.9 Å². The van der Waals surface area contributed by atoms with E-state index in [2.05, 4.69) is 15.3 Å². The van der Waals surface area contributed by atoms with Gasteiger partial charge in [0.15, 0.2) is 10.8 Å². The molecule has 0 aliphatic carbocycles. The van der Waals surface area contributed by atoms with Gasteiger partial charge in [0, 0.05) is 24.3 Å². The van der Waals surface area contributed by atoms with E-state index < -0.39 is 0 Å². The van der Waals surface area contributed by atoms with Crippen molar-refractivity contribution in [1.82, 2.24) is 14.4 Å². The molecule has 0 saturated heterocycles. The van der Waals surface area contributed by atoms with E-state index in [9.17, 15) is 4.79 Å². The van der Waals surface area contributed by atoms with Gasteiger partial charge < -0.3 is 5.32 Å². The van der Waals surface area contributed by atoms with Crippen LogP contribution in [0.5, 0.6) is 0 Å². The number of pyridine rings is 2. The number of rotatable bonds is 3. The van der Waals surface area contributed by atoms with Crippen molar-refractivity contribution in [3.05, 3.63) is 83.5 Å². The van der Waals surface area contributed by atoms with Gasteiger partial charge in [0.25, 0.3) is 5.91 Å². The van der Waals surface area contributed by atoms with Crippen molar-refractivity contribution in [3.63, 3.8) is 0 Å². The predicted octanol–water partition coefficient (Wildman–Crippen LogP) is 4.61. The highest BCUT2D eigenvalue weighted by atomic mass is 35.5. The number of aromatic nitrogens is 3. The summed E-state index contributed by atoms with van der Waals surface area (Å²) in [6, 6.07) is 15.3. The summed E-state index contributed by atoms with van der Waals surface area (Å²) in [5, 5.41) is 3.13. The number of hydrogen-bond donors (Lipinski definition) is 1. The molecule has 0 unspecified atom stereocenters. The van der Waals surface area contributed by atoms with Crippen LogP contribution in [0.3, 0.4) is 0 Å². The van der Waals surface area contributed by atoms with E-state index in [-0.39, 0.29) is 11.1 Å². The fourth-order valence-corrected chi connectivity index (χ4v) is 3.10. The molecular formula is C20H15ClN4O. The molecule has 1 amide bonds. The van der Waals surface area contributed by atoms with Gasteiger partial charge in [-0.2, -0.15) is 0 Å². The highest BCUT2D eigenvalue weighted by Gasteiger charge is 2.18. The number of hydrogen-bond acceptors (Lipinski definition) is 3. The zero-order chi connectivity index (χ0) is 18.1. The van der Waals surface area contributed by atoms with Gasteiger partial charge in [-0.25, -0.2) is 4.98 Å². The Morgan fingerprint density at radius 3 is 2.69 bits per heavy atom. The van der Waals surface area contributed by atoms with Crippen LogP contribution in [0, 0.1) is 6.92 Å². The van der Waals surface area contributed by atoms with E-state index in [4.69, 9.17) is 11.6 Å². The van der Waals surface area contributed by atoms with Gasteiger partial charge in [-0.1, -0.05) is 29.8 Å². The van der Waals surface area contributed by atoms with Gasteiger partial charge in [-0.15, -0.1) is 0 Å². The minimum Gasteiger partial charge on any atom is -0.320 e. The zero-order valence-corrected chi connectivity index (χ0v) is 14.7. The highest BCUT2D eigenvalue weighted by molar-refractivity contribution is 6.33. The minimum absolute atomic E-state index is 0.177. The van der Waals surface area contributed by atoms with Crippen molar-refractivity contribution < 1.29 is 4.79 Å². The lowest BCUT2D eigenvalue weighted by Crippen LogP contribution is -2.15. The molecule has 6 heteroatoms. The van der Waals surface area contributed by atoms with E-state index in [0.29, 0.717) is 11.3 Å². The maximum absolute atomic E-state index is 12.8. The molecule has 4 aromatic rings. The number of anilines is 1. The Balaban J connectivity index is 1.70. The van der Waals surface area contributed by atoms with Crippen molar-refractivity contribution in [2.45, 2.75) is 6.92 Å². The molecule has 0 spiro atoms. The molecular weight excluding hydrogens is 348 g/mol. The predicted molar refractivity (Wildman–Crippen MR) is 103 cm³/mol. The fourth-order valence-electron chi connectivity index (χ4n) is 2.83. The number of carbonyl (C=O) groups is 1. The first-order valence-corrected chi connectivity index (χ1v) is 8.46. The average Bonchev–Trinajstić information content (AvgIpc) is 3.00. The third-order valence-electron chi connectivity index (χ3n) is 4.20. The Hall–Kier alpha value is -3.18. The van der Waals surface area contributed by atoms with Crippen LogP contribution in [0.1, 0.15) is 16.1 Å². The van der Waals surface area contributed by atoms with Crippen LogP contribution in [-0.2, 0) is 0 Å². The Bertz CT molecular complexity index is 1110. The summed E-state index contributed by atoms with van der Waals surface area (Å²) in [5.41, 5.74) is 4.66. The third-order valence-corrected chi connectivity index (χ3v) is 4.47. The summed E-state index contributed by atoms with van der Waals surface area (Å²) in [6.07, 6.45) is 5.25. The van der Waals surface area contributed by atoms with Crippen LogP contribution in [0.25, 0.3) is 16.8 Å². The van der Waals surface area contributed by atoms with Crippen LogP contribution in [0.4, 0.5) is 5.69 Å². The summed E-state index contributed by atoms with van der Waals surface area (Å²) in [5.74, 6) is -0.302. The summed E-state index contributed by atoms with van der Waals surface area (Å²) < 4.78 is 1.68. The number of nitrogens with one attached hydrogen (secondary N) is 1. The Morgan fingerprint density at radius 2 is 1.88 bits per heavy atom. The van der Waals surface area contributed by atoms with Gasteiger partial charge >= 0.3 is 0 Å². The molecule has 0 aliphatic heterocycles. The van der Waals surface area contributed by atoms with E-state index in [0.717, 1.165) is 22.4 Å². The van der Waals surface area contributed by atoms with E-state index in [1.807, 2.05) is 49.4 Å². The smallest absolute Gasteiger partial charge is 0.275 e. The first-order valence-electron chi connectivity index (χ1n) is 8.08. The Morgan fingerprint density at radius 1 is 1.08 bits per heavy atom. The second kappa shape index (κ2) is 6.61. The largest absolute Gasteiger partial charge is 0.320 e. The van der Waals surface area contributed by atoms with Gasteiger partial charge in [0.1, 0.15) is 5.65 Å². The van der Waals surface area contributed by atoms with Crippen LogP contribution in [0.2, 0.25) is 5.15 Å². The summed E-state index contributed by atoms with van der Waals surface area (Å²) in [6.45, 7) is 1.95. The van der Waals surface area contributed by atoms with Gasteiger partial charge in [0.05, 0.1) is 0 Å². The molecule has 0 fully saturated rings. The first-order chi connectivity index (χ1) is 12.6. The SMILES string of the molecule is Cc1ccc(-c2ccncc2)cc1NC(=O)c1c(Cl)nc2ccccn12. The van der Waals surface area contributed by atoms with E-state index in [1.54, 1.807) is 29.1 Å². The van der Waals surface area contributed by atoms with Crippen LogP contribution < -0.4 is 5.32 Å². The normalized spacial score (nSPS) is 10.8. The lowest BCUT2D eigenvalue weighted by molar-refractivity contribution is 0.102. The molecule has 128 valence electrons. The molecule has 0 bridgehead atoms. The molecule has 3 heterocycles. The van der Waals surface area contributed by atoms with Crippen LogP contribution in [-0.4, -0.2) is 20.3 Å².